The zero-order chi connectivity index (χ0) is 8.70. The molecule has 1 saturated carbocycles. The molecule has 3 nitrogen and oxygen atoms in total. The molecule has 0 aliphatic heterocycles. The summed E-state index contributed by atoms with van der Waals surface area (Å²) in [5.41, 5.74) is -1.70. The fourth-order valence-electron chi connectivity index (χ4n) is 1.66. The van der Waals surface area contributed by atoms with E-state index in [2.05, 4.69) is 0 Å². The van der Waals surface area contributed by atoms with E-state index >= 15 is 0 Å². The van der Waals surface area contributed by atoms with E-state index in [1.807, 2.05) is 0 Å². The Kier molecular flexibility index (Phi) is 1.99. The largest absolute Gasteiger partial charge is 0.390 e. The Bertz CT molecular complexity index is 155. The van der Waals surface area contributed by atoms with Gasteiger partial charge in [-0.1, -0.05) is 0 Å². The number of hydrogen-bond acceptors (Lipinski definition) is 3. The fraction of sp³-hybridized carbons (Fsp3) is 1.00. The van der Waals surface area contributed by atoms with Gasteiger partial charge in [0.15, 0.2) is 0 Å². The SMILES string of the molecule is COC1(C)C(O)CCC1(C)O. The van der Waals surface area contributed by atoms with Gasteiger partial charge in [0.1, 0.15) is 5.60 Å². The average Bonchev–Trinajstić information content (AvgIpc) is 2.15. The van der Waals surface area contributed by atoms with Crippen LogP contribution in [0.1, 0.15) is 26.7 Å². The maximum Gasteiger partial charge on any atom is 0.119 e. The van der Waals surface area contributed by atoms with Crippen LogP contribution < -0.4 is 0 Å². The highest BCUT2D eigenvalue weighted by atomic mass is 16.5. The Labute approximate surface area is 67.0 Å². The molecular weight excluding hydrogens is 144 g/mol. The smallest absolute Gasteiger partial charge is 0.119 e. The van der Waals surface area contributed by atoms with Crippen LogP contribution in [-0.2, 0) is 4.74 Å². The minimum Gasteiger partial charge on any atom is -0.390 e. The molecule has 0 amide bonds. The van der Waals surface area contributed by atoms with E-state index in [1.165, 1.54) is 7.11 Å². The summed E-state index contributed by atoms with van der Waals surface area (Å²) in [6.45, 7) is 3.44. The Morgan fingerprint density at radius 2 is 2.00 bits per heavy atom. The molecule has 0 heterocycles. The standard InChI is InChI=1S/C8H16O3/c1-7(10)5-4-6(9)8(7,2)11-3/h6,9-10H,4-5H2,1-3H3. The molecule has 0 aromatic carbocycles. The quantitative estimate of drug-likeness (QED) is 0.580. The van der Waals surface area contributed by atoms with Crippen molar-refractivity contribution in [3.8, 4) is 0 Å². The first-order valence-corrected chi connectivity index (χ1v) is 3.89. The summed E-state index contributed by atoms with van der Waals surface area (Å²) in [6.07, 6.45) is 0.651. The van der Waals surface area contributed by atoms with Crippen LogP contribution in [0.4, 0.5) is 0 Å². The molecule has 3 unspecified atom stereocenters. The maximum atomic E-state index is 9.80. The summed E-state index contributed by atoms with van der Waals surface area (Å²) >= 11 is 0. The number of aliphatic hydroxyl groups is 2. The second-order valence-corrected chi connectivity index (χ2v) is 3.64. The summed E-state index contributed by atoms with van der Waals surface area (Å²) in [4.78, 5) is 0. The second kappa shape index (κ2) is 2.44. The third-order valence-electron chi connectivity index (χ3n) is 3.03. The molecule has 1 fully saturated rings. The van der Waals surface area contributed by atoms with Crippen molar-refractivity contribution in [2.75, 3.05) is 7.11 Å². The number of methoxy groups -OCH3 is 1. The number of hydrogen-bond donors (Lipinski definition) is 2. The molecule has 2 N–H and O–H groups in total. The van der Waals surface area contributed by atoms with Crippen molar-refractivity contribution < 1.29 is 14.9 Å². The molecule has 0 spiro atoms. The first-order valence-electron chi connectivity index (χ1n) is 3.89. The van der Waals surface area contributed by atoms with Gasteiger partial charge in [0.05, 0.1) is 11.7 Å². The minimum absolute atomic E-state index is 0.553. The monoisotopic (exact) mass is 160 g/mol. The zero-order valence-corrected chi connectivity index (χ0v) is 7.29. The molecule has 3 atom stereocenters. The van der Waals surface area contributed by atoms with Crippen molar-refractivity contribution in [2.24, 2.45) is 0 Å². The third kappa shape index (κ3) is 1.08. The molecule has 0 saturated heterocycles. The Balaban J connectivity index is 2.88. The summed E-state index contributed by atoms with van der Waals surface area (Å²) in [6, 6.07) is 0. The summed E-state index contributed by atoms with van der Waals surface area (Å²) in [5, 5.41) is 19.3. The van der Waals surface area contributed by atoms with Gasteiger partial charge in [0.25, 0.3) is 0 Å². The van der Waals surface area contributed by atoms with Crippen molar-refractivity contribution in [3.05, 3.63) is 0 Å². The third-order valence-corrected chi connectivity index (χ3v) is 3.03. The van der Waals surface area contributed by atoms with Crippen molar-refractivity contribution in [2.45, 2.75) is 44.0 Å². The lowest BCUT2D eigenvalue weighted by Gasteiger charge is -2.37. The highest BCUT2D eigenvalue weighted by Crippen LogP contribution is 2.41. The Morgan fingerprint density at radius 1 is 1.45 bits per heavy atom. The predicted molar refractivity (Wildman–Crippen MR) is 41.3 cm³/mol. The second-order valence-electron chi connectivity index (χ2n) is 3.64. The van der Waals surface area contributed by atoms with E-state index in [1.54, 1.807) is 13.8 Å². The Morgan fingerprint density at radius 3 is 2.18 bits per heavy atom. The topological polar surface area (TPSA) is 49.7 Å². The molecule has 1 rings (SSSR count). The van der Waals surface area contributed by atoms with Crippen molar-refractivity contribution in [3.63, 3.8) is 0 Å². The van der Waals surface area contributed by atoms with E-state index in [4.69, 9.17) is 4.74 Å². The van der Waals surface area contributed by atoms with Gasteiger partial charge in [0.2, 0.25) is 0 Å². The molecule has 66 valence electrons. The van der Waals surface area contributed by atoms with Crippen molar-refractivity contribution in [1.82, 2.24) is 0 Å². The van der Waals surface area contributed by atoms with Gasteiger partial charge in [0, 0.05) is 7.11 Å². The summed E-state index contributed by atoms with van der Waals surface area (Å²) in [5.74, 6) is 0. The number of ether oxygens (including phenoxy) is 1. The van der Waals surface area contributed by atoms with Gasteiger partial charge in [-0.05, 0) is 26.7 Å². The van der Waals surface area contributed by atoms with Crippen LogP contribution in [0.3, 0.4) is 0 Å². The average molecular weight is 160 g/mol. The maximum absolute atomic E-state index is 9.80. The first-order chi connectivity index (χ1) is 4.94. The molecule has 1 aliphatic rings. The van der Waals surface area contributed by atoms with Crippen LogP contribution in [0.25, 0.3) is 0 Å². The molecule has 0 aromatic rings. The minimum atomic E-state index is -0.902. The first kappa shape index (κ1) is 8.97. The van der Waals surface area contributed by atoms with Crippen molar-refractivity contribution in [1.29, 1.82) is 0 Å². The molecule has 3 heteroatoms. The summed E-state index contributed by atoms with van der Waals surface area (Å²) < 4.78 is 5.13. The lowest BCUT2D eigenvalue weighted by Crippen LogP contribution is -2.52. The van der Waals surface area contributed by atoms with E-state index < -0.39 is 17.3 Å². The lowest BCUT2D eigenvalue weighted by atomic mass is 9.88. The van der Waals surface area contributed by atoms with E-state index in [9.17, 15) is 10.2 Å². The predicted octanol–water partition coefficient (Wildman–Crippen LogP) is 0.297. The van der Waals surface area contributed by atoms with E-state index in [-0.39, 0.29) is 0 Å². The number of rotatable bonds is 1. The van der Waals surface area contributed by atoms with Crippen LogP contribution in [0, 0.1) is 0 Å². The molecule has 11 heavy (non-hydrogen) atoms. The van der Waals surface area contributed by atoms with Gasteiger partial charge in [-0.3, -0.25) is 0 Å². The molecule has 0 radical (unpaired) electrons. The normalized spacial score (nSPS) is 51.5. The van der Waals surface area contributed by atoms with Crippen LogP contribution in [0.2, 0.25) is 0 Å². The van der Waals surface area contributed by atoms with Crippen LogP contribution in [0.5, 0.6) is 0 Å². The van der Waals surface area contributed by atoms with Gasteiger partial charge in [-0.2, -0.15) is 0 Å². The van der Waals surface area contributed by atoms with Gasteiger partial charge in [-0.25, -0.2) is 0 Å². The molecule has 0 aromatic heterocycles. The highest BCUT2D eigenvalue weighted by Gasteiger charge is 2.54. The lowest BCUT2D eigenvalue weighted by molar-refractivity contribution is -0.167. The van der Waals surface area contributed by atoms with E-state index in [0.717, 1.165) is 0 Å². The van der Waals surface area contributed by atoms with Crippen LogP contribution in [0.15, 0.2) is 0 Å². The molecule has 1 aliphatic carbocycles. The van der Waals surface area contributed by atoms with E-state index in [0.29, 0.717) is 12.8 Å². The molecular formula is C8H16O3. The molecule has 0 bridgehead atoms. The van der Waals surface area contributed by atoms with Gasteiger partial charge < -0.3 is 14.9 Å². The van der Waals surface area contributed by atoms with Crippen LogP contribution in [-0.4, -0.2) is 34.6 Å². The number of aliphatic hydroxyl groups excluding tert-OH is 1. The highest BCUT2D eigenvalue weighted by molar-refractivity contribution is 5.06. The van der Waals surface area contributed by atoms with Gasteiger partial charge >= 0.3 is 0 Å². The van der Waals surface area contributed by atoms with Crippen molar-refractivity contribution >= 4 is 0 Å². The Hall–Kier alpha value is -0.120. The fourth-order valence-corrected chi connectivity index (χ4v) is 1.66. The summed E-state index contributed by atoms with van der Waals surface area (Å²) in [7, 11) is 1.52. The van der Waals surface area contributed by atoms with Crippen LogP contribution >= 0.6 is 0 Å². The van der Waals surface area contributed by atoms with Gasteiger partial charge in [-0.15, -0.1) is 0 Å². The zero-order valence-electron chi connectivity index (χ0n) is 7.29.